The van der Waals surface area contributed by atoms with Gasteiger partial charge in [0.25, 0.3) is 5.91 Å². The van der Waals surface area contributed by atoms with Crippen LogP contribution in [0.3, 0.4) is 0 Å². The van der Waals surface area contributed by atoms with E-state index in [4.69, 9.17) is 0 Å². The highest BCUT2D eigenvalue weighted by molar-refractivity contribution is 7.21. The van der Waals surface area contributed by atoms with Gasteiger partial charge >= 0.3 is 0 Å². The average molecular weight is 390 g/mol. The van der Waals surface area contributed by atoms with Crippen LogP contribution >= 0.6 is 22.7 Å². The van der Waals surface area contributed by atoms with Crippen molar-refractivity contribution in [2.45, 2.75) is 33.7 Å². The molecule has 3 aromatic rings. The van der Waals surface area contributed by atoms with Crippen molar-refractivity contribution in [1.82, 2.24) is 15.3 Å². The van der Waals surface area contributed by atoms with Gasteiger partial charge in [0.2, 0.25) is 0 Å². The lowest BCUT2D eigenvalue weighted by Gasteiger charge is -2.07. The van der Waals surface area contributed by atoms with E-state index in [1.807, 2.05) is 13.1 Å². The molecule has 0 unspecified atom stereocenters. The molecule has 0 fully saturated rings. The topological polar surface area (TPSA) is 54.9 Å². The number of aromatic nitrogens is 2. The molecule has 0 saturated heterocycles. The first-order valence-corrected chi connectivity index (χ1v) is 10.0. The Morgan fingerprint density at radius 3 is 2.54 bits per heavy atom. The van der Waals surface area contributed by atoms with Gasteiger partial charge in [0.15, 0.2) is 10.0 Å². The highest BCUT2D eigenvalue weighted by atomic mass is 32.1. The van der Waals surface area contributed by atoms with Crippen molar-refractivity contribution >= 4 is 28.6 Å². The minimum Gasteiger partial charge on any atom is -0.347 e. The molecule has 26 heavy (non-hydrogen) atoms. The largest absolute Gasteiger partial charge is 0.347 e. The van der Waals surface area contributed by atoms with E-state index in [2.05, 4.69) is 29.1 Å². The number of carbonyl (C=O) groups excluding carboxylic acids is 1. The standard InChI is InChI=1S/C19H20FN3OS2/c1-11(2)8-15-16(23-19(26-15)18-22-9-12(3)25-18)17(24)21-10-13-4-6-14(20)7-5-13/h4-7,9,11H,8,10H2,1-3H3,(H,21,24). The summed E-state index contributed by atoms with van der Waals surface area (Å²) in [6.07, 6.45) is 2.61. The molecule has 0 aliphatic rings. The number of halogens is 1. The van der Waals surface area contributed by atoms with Crippen LogP contribution in [-0.4, -0.2) is 15.9 Å². The van der Waals surface area contributed by atoms with Gasteiger partial charge in [-0.25, -0.2) is 14.4 Å². The molecule has 0 bridgehead atoms. The summed E-state index contributed by atoms with van der Waals surface area (Å²) in [6.45, 7) is 6.57. The van der Waals surface area contributed by atoms with E-state index in [9.17, 15) is 9.18 Å². The van der Waals surface area contributed by atoms with Crippen molar-refractivity contribution in [3.8, 4) is 10.0 Å². The number of carbonyl (C=O) groups is 1. The summed E-state index contributed by atoms with van der Waals surface area (Å²) < 4.78 is 13.0. The molecule has 0 saturated carbocycles. The van der Waals surface area contributed by atoms with Gasteiger partial charge < -0.3 is 5.32 Å². The minimum absolute atomic E-state index is 0.208. The molecule has 2 aromatic heterocycles. The zero-order valence-electron chi connectivity index (χ0n) is 14.9. The SMILES string of the molecule is Cc1cnc(-c2nc(C(=O)NCc3ccc(F)cc3)c(CC(C)C)s2)s1. The quantitative estimate of drug-likeness (QED) is 0.656. The molecular weight excluding hydrogens is 369 g/mol. The third kappa shape index (κ3) is 4.53. The second kappa shape index (κ2) is 8.05. The minimum atomic E-state index is -0.290. The Morgan fingerprint density at radius 2 is 1.92 bits per heavy atom. The monoisotopic (exact) mass is 389 g/mol. The summed E-state index contributed by atoms with van der Waals surface area (Å²) >= 11 is 3.11. The van der Waals surface area contributed by atoms with Gasteiger partial charge in [-0.3, -0.25) is 4.79 Å². The summed E-state index contributed by atoms with van der Waals surface area (Å²) in [5, 5.41) is 4.51. The van der Waals surface area contributed by atoms with Crippen LogP contribution < -0.4 is 5.32 Å². The van der Waals surface area contributed by atoms with Gasteiger partial charge in [-0.15, -0.1) is 22.7 Å². The lowest BCUT2D eigenvalue weighted by atomic mass is 10.1. The summed E-state index contributed by atoms with van der Waals surface area (Å²) in [6, 6.07) is 6.10. The number of amides is 1. The molecule has 3 rings (SSSR count). The van der Waals surface area contributed by atoms with Crippen molar-refractivity contribution in [1.29, 1.82) is 0 Å². The van der Waals surface area contributed by atoms with Crippen LogP contribution in [-0.2, 0) is 13.0 Å². The van der Waals surface area contributed by atoms with Crippen molar-refractivity contribution in [2.75, 3.05) is 0 Å². The molecule has 0 atom stereocenters. The van der Waals surface area contributed by atoms with Gasteiger partial charge in [-0.05, 0) is 37.0 Å². The number of thiazole rings is 2. The average Bonchev–Trinajstić information content (AvgIpc) is 3.20. The van der Waals surface area contributed by atoms with E-state index in [-0.39, 0.29) is 11.7 Å². The third-order valence-corrected chi connectivity index (χ3v) is 5.81. The van der Waals surface area contributed by atoms with E-state index >= 15 is 0 Å². The van der Waals surface area contributed by atoms with Crippen molar-refractivity contribution in [3.05, 3.63) is 57.3 Å². The Bertz CT molecular complexity index is 900. The first-order chi connectivity index (χ1) is 12.4. The maximum absolute atomic E-state index is 13.0. The Balaban J connectivity index is 1.80. The Hall–Kier alpha value is -2.12. The zero-order chi connectivity index (χ0) is 18.7. The van der Waals surface area contributed by atoms with Gasteiger partial charge in [0, 0.05) is 22.5 Å². The maximum Gasteiger partial charge on any atom is 0.271 e. The number of nitrogens with one attached hydrogen (secondary N) is 1. The van der Waals surface area contributed by atoms with E-state index in [0.29, 0.717) is 18.2 Å². The van der Waals surface area contributed by atoms with Gasteiger partial charge in [-0.1, -0.05) is 26.0 Å². The maximum atomic E-state index is 13.0. The first kappa shape index (κ1) is 18.7. The first-order valence-electron chi connectivity index (χ1n) is 8.37. The van der Waals surface area contributed by atoms with Crippen LogP contribution in [0.1, 0.15) is 39.7 Å². The number of aryl methyl sites for hydroxylation is 1. The number of rotatable bonds is 6. The molecule has 1 aromatic carbocycles. The van der Waals surface area contributed by atoms with Crippen LogP contribution in [0, 0.1) is 18.7 Å². The number of hydrogen-bond donors (Lipinski definition) is 1. The molecule has 0 aliphatic heterocycles. The van der Waals surface area contributed by atoms with Crippen LogP contribution in [0.25, 0.3) is 10.0 Å². The lowest BCUT2D eigenvalue weighted by Crippen LogP contribution is -2.24. The molecule has 7 heteroatoms. The predicted octanol–water partition coefficient (Wildman–Crippen LogP) is 4.84. The Labute approximate surface area is 160 Å². The molecule has 4 nitrogen and oxygen atoms in total. The zero-order valence-corrected chi connectivity index (χ0v) is 16.5. The van der Waals surface area contributed by atoms with Gasteiger partial charge in [0.1, 0.15) is 11.5 Å². The fourth-order valence-electron chi connectivity index (χ4n) is 2.45. The molecule has 1 amide bonds. The summed E-state index contributed by atoms with van der Waals surface area (Å²) in [4.78, 5) is 23.7. The molecule has 0 aliphatic carbocycles. The van der Waals surface area contributed by atoms with Crippen molar-refractivity contribution < 1.29 is 9.18 Å². The summed E-state index contributed by atoms with van der Waals surface area (Å²) in [7, 11) is 0. The normalized spacial score (nSPS) is 11.1. The van der Waals surface area contributed by atoms with Crippen LogP contribution in [0.2, 0.25) is 0 Å². The second-order valence-electron chi connectivity index (χ2n) is 6.47. The highest BCUT2D eigenvalue weighted by Crippen LogP contribution is 2.32. The van der Waals surface area contributed by atoms with Crippen molar-refractivity contribution in [3.63, 3.8) is 0 Å². The summed E-state index contributed by atoms with van der Waals surface area (Å²) in [5.41, 5.74) is 1.31. The number of benzene rings is 1. The molecule has 2 heterocycles. The predicted molar refractivity (Wildman–Crippen MR) is 104 cm³/mol. The number of hydrogen-bond acceptors (Lipinski definition) is 5. The Morgan fingerprint density at radius 1 is 1.19 bits per heavy atom. The molecule has 0 radical (unpaired) electrons. The Kier molecular flexibility index (Phi) is 5.78. The van der Waals surface area contributed by atoms with Crippen molar-refractivity contribution in [2.24, 2.45) is 5.92 Å². The summed E-state index contributed by atoms with van der Waals surface area (Å²) in [5.74, 6) is -0.0760. The molecule has 1 N–H and O–H groups in total. The molecule has 0 spiro atoms. The second-order valence-corrected chi connectivity index (χ2v) is 8.79. The van der Waals surface area contributed by atoms with Crippen LogP contribution in [0.5, 0.6) is 0 Å². The highest BCUT2D eigenvalue weighted by Gasteiger charge is 2.21. The van der Waals surface area contributed by atoms with Gasteiger partial charge in [-0.2, -0.15) is 0 Å². The fourth-order valence-corrected chi connectivity index (χ4v) is 4.51. The van der Waals surface area contributed by atoms with E-state index in [1.54, 1.807) is 23.5 Å². The molecular formula is C19H20FN3OS2. The smallest absolute Gasteiger partial charge is 0.271 e. The third-order valence-electron chi connectivity index (χ3n) is 3.68. The van der Waals surface area contributed by atoms with Gasteiger partial charge in [0.05, 0.1) is 0 Å². The fraction of sp³-hybridized carbons (Fsp3) is 0.316. The van der Waals surface area contributed by atoms with Crippen LogP contribution in [0.4, 0.5) is 4.39 Å². The molecule has 136 valence electrons. The van der Waals surface area contributed by atoms with E-state index < -0.39 is 0 Å². The number of nitrogens with zero attached hydrogens (tertiary/aromatic N) is 2. The lowest BCUT2D eigenvalue weighted by molar-refractivity contribution is 0.0945. The van der Waals surface area contributed by atoms with E-state index in [1.165, 1.54) is 23.5 Å². The van der Waals surface area contributed by atoms with E-state index in [0.717, 1.165) is 31.8 Å². The van der Waals surface area contributed by atoms with Crippen LogP contribution in [0.15, 0.2) is 30.5 Å².